The lowest BCUT2D eigenvalue weighted by Crippen LogP contribution is -2.23. The van der Waals surface area contributed by atoms with E-state index in [9.17, 15) is 13.6 Å². The third-order valence-corrected chi connectivity index (χ3v) is 3.88. The Labute approximate surface area is 137 Å². The molecule has 3 rings (SSSR count). The van der Waals surface area contributed by atoms with Gasteiger partial charge in [-0.3, -0.25) is 9.48 Å². The average molecular weight is 333 g/mol. The number of hydrogen-bond acceptors (Lipinski definition) is 4. The van der Waals surface area contributed by atoms with Crippen molar-refractivity contribution in [2.75, 3.05) is 13.2 Å². The van der Waals surface area contributed by atoms with Gasteiger partial charge < -0.3 is 4.74 Å². The largest absolute Gasteiger partial charge is 0.381 e. The lowest BCUT2D eigenvalue weighted by Gasteiger charge is -2.12. The van der Waals surface area contributed by atoms with Crippen molar-refractivity contribution < 1.29 is 18.3 Å². The van der Waals surface area contributed by atoms with Crippen molar-refractivity contribution in [3.8, 4) is 0 Å². The summed E-state index contributed by atoms with van der Waals surface area (Å²) >= 11 is 0. The van der Waals surface area contributed by atoms with E-state index < -0.39 is 11.7 Å². The zero-order chi connectivity index (χ0) is 17.0. The maximum Gasteiger partial charge on any atom is 0.334 e. The molecule has 5 nitrogen and oxygen atoms in total. The number of alkyl halides is 2. The lowest BCUT2D eigenvalue weighted by molar-refractivity contribution is -0.138. The first-order valence-electron chi connectivity index (χ1n) is 7.69. The molecule has 1 fully saturated rings. The van der Waals surface area contributed by atoms with Gasteiger partial charge in [-0.1, -0.05) is 35.5 Å². The molecule has 0 bridgehead atoms. The number of hydrogen-bond donors (Lipinski definition) is 0. The fourth-order valence-corrected chi connectivity index (χ4v) is 2.53. The molecule has 24 heavy (non-hydrogen) atoms. The predicted octanol–water partition coefficient (Wildman–Crippen LogP) is 2.69. The monoisotopic (exact) mass is 333 g/mol. The Hall–Kier alpha value is -2.41. The van der Waals surface area contributed by atoms with E-state index in [4.69, 9.17) is 4.74 Å². The molecule has 0 amide bonds. The van der Waals surface area contributed by atoms with Gasteiger partial charge in [-0.25, -0.2) is 0 Å². The Bertz CT molecular complexity index is 722. The molecule has 1 aliphatic heterocycles. The summed E-state index contributed by atoms with van der Waals surface area (Å²) in [4.78, 5) is 11.8. The SMILES string of the molecule is O=C(C=Cc1cn(CC2CCOC2)nn1)C(F)(F)c1ccccc1. The lowest BCUT2D eigenvalue weighted by atomic mass is 10.0. The molecular formula is C17H17F2N3O2. The van der Waals surface area contributed by atoms with Gasteiger partial charge >= 0.3 is 5.92 Å². The molecule has 1 unspecified atom stereocenters. The van der Waals surface area contributed by atoms with Crippen LogP contribution < -0.4 is 0 Å². The first-order valence-corrected chi connectivity index (χ1v) is 7.69. The molecule has 0 spiro atoms. The third kappa shape index (κ3) is 3.73. The number of nitrogens with zero attached hydrogens (tertiary/aromatic N) is 3. The van der Waals surface area contributed by atoms with Crippen molar-refractivity contribution in [3.05, 3.63) is 53.9 Å². The van der Waals surface area contributed by atoms with Crippen LogP contribution in [-0.2, 0) is 22.0 Å². The van der Waals surface area contributed by atoms with Gasteiger partial charge in [0.15, 0.2) is 0 Å². The minimum Gasteiger partial charge on any atom is -0.381 e. The van der Waals surface area contributed by atoms with E-state index in [1.54, 1.807) is 16.9 Å². The summed E-state index contributed by atoms with van der Waals surface area (Å²) in [5.41, 5.74) is 0.0377. The molecule has 0 radical (unpaired) electrons. The van der Waals surface area contributed by atoms with E-state index in [0.29, 0.717) is 24.8 Å². The molecule has 7 heteroatoms. The van der Waals surface area contributed by atoms with E-state index in [1.165, 1.54) is 30.3 Å². The summed E-state index contributed by atoms with van der Waals surface area (Å²) in [6.07, 6.45) is 4.70. The van der Waals surface area contributed by atoms with Gasteiger partial charge in [-0.2, -0.15) is 8.78 Å². The molecule has 0 aliphatic carbocycles. The van der Waals surface area contributed by atoms with Crippen LogP contribution in [0.2, 0.25) is 0 Å². The second kappa shape index (κ2) is 7.00. The molecule has 126 valence electrons. The number of ketones is 1. The third-order valence-electron chi connectivity index (χ3n) is 3.88. The van der Waals surface area contributed by atoms with Crippen molar-refractivity contribution in [2.45, 2.75) is 18.9 Å². The van der Waals surface area contributed by atoms with Gasteiger partial charge in [0.25, 0.3) is 0 Å². The van der Waals surface area contributed by atoms with Crippen LogP contribution in [0.4, 0.5) is 8.78 Å². The summed E-state index contributed by atoms with van der Waals surface area (Å²) in [5.74, 6) is -4.46. The van der Waals surface area contributed by atoms with Gasteiger partial charge in [0.05, 0.1) is 12.8 Å². The van der Waals surface area contributed by atoms with Crippen molar-refractivity contribution in [1.29, 1.82) is 0 Å². The van der Waals surface area contributed by atoms with Crippen molar-refractivity contribution in [3.63, 3.8) is 0 Å². The maximum atomic E-state index is 14.1. The smallest absolute Gasteiger partial charge is 0.334 e. The fourth-order valence-electron chi connectivity index (χ4n) is 2.53. The van der Waals surface area contributed by atoms with Crippen LogP contribution in [0, 0.1) is 5.92 Å². The van der Waals surface area contributed by atoms with Gasteiger partial charge in [-0.05, 0) is 18.6 Å². The molecule has 2 heterocycles. The first kappa shape index (κ1) is 16.4. The van der Waals surface area contributed by atoms with Crippen LogP contribution in [-0.4, -0.2) is 34.0 Å². The molecule has 1 aliphatic rings. The molecule has 1 aromatic carbocycles. The Kier molecular flexibility index (Phi) is 4.80. The van der Waals surface area contributed by atoms with E-state index in [-0.39, 0.29) is 5.56 Å². The fraction of sp³-hybridized carbons (Fsp3) is 0.353. The zero-order valence-corrected chi connectivity index (χ0v) is 12.9. The summed E-state index contributed by atoms with van der Waals surface area (Å²) < 4.78 is 35.1. The van der Waals surface area contributed by atoms with Crippen LogP contribution in [0.5, 0.6) is 0 Å². The molecule has 2 aromatic rings. The molecule has 0 N–H and O–H groups in total. The molecule has 1 aromatic heterocycles. The van der Waals surface area contributed by atoms with Crippen molar-refractivity contribution >= 4 is 11.9 Å². The highest BCUT2D eigenvalue weighted by Gasteiger charge is 2.38. The molecule has 1 atom stereocenters. The van der Waals surface area contributed by atoms with Crippen molar-refractivity contribution in [1.82, 2.24) is 15.0 Å². The molecule has 0 saturated carbocycles. The highest BCUT2D eigenvalue weighted by atomic mass is 19.3. The van der Waals surface area contributed by atoms with Gasteiger partial charge in [0.2, 0.25) is 5.78 Å². The summed E-state index contributed by atoms with van der Waals surface area (Å²) in [5, 5.41) is 7.81. The second-order valence-corrected chi connectivity index (χ2v) is 5.73. The second-order valence-electron chi connectivity index (χ2n) is 5.73. The average Bonchev–Trinajstić information content (AvgIpc) is 3.26. The van der Waals surface area contributed by atoms with Gasteiger partial charge in [0, 0.05) is 24.6 Å². The summed E-state index contributed by atoms with van der Waals surface area (Å²) in [6, 6.07) is 7.02. The van der Waals surface area contributed by atoms with Crippen molar-refractivity contribution in [2.24, 2.45) is 5.92 Å². The number of rotatable bonds is 6. The minimum absolute atomic E-state index is 0.329. The molecule has 1 saturated heterocycles. The number of carbonyl (C=O) groups excluding carboxylic acids is 1. The summed E-state index contributed by atoms with van der Waals surface area (Å²) in [6.45, 7) is 2.09. The van der Waals surface area contributed by atoms with Crippen LogP contribution in [0.25, 0.3) is 6.08 Å². The predicted molar refractivity (Wildman–Crippen MR) is 83.3 cm³/mol. The Balaban J connectivity index is 1.64. The number of aromatic nitrogens is 3. The van der Waals surface area contributed by atoms with Crippen LogP contribution in [0.15, 0.2) is 42.6 Å². The van der Waals surface area contributed by atoms with Crippen LogP contribution in [0.1, 0.15) is 17.7 Å². The van der Waals surface area contributed by atoms with Gasteiger partial charge in [-0.15, -0.1) is 5.10 Å². The number of halogens is 2. The zero-order valence-electron chi connectivity index (χ0n) is 12.9. The van der Waals surface area contributed by atoms with Crippen LogP contribution >= 0.6 is 0 Å². The number of ether oxygens (including phenoxy) is 1. The van der Waals surface area contributed by atoms with E-state index in [0.717, 1.165) is 19.1 Å². The Morgan fingerprint density at radius 3 is 2.88 bits per heavy atom. The Morgan fingerprint density at radius 1 is 1.38 bits per heavy atom. The number of benzene rings is 1. The highest BCUT2D eigenvalue weighted by Crippen LogP contribution is 2.29. The summed E-state index contributed by atoms with van der Waals surface area (Å²) in [7, 11) is 0. The van der Waals surface area contributed by atoms with E-state index in [1.807, 2.05) is 0 Å². The van der Waals surface area contributed by atoms with Gasteiger partial charge in [0.1, 0.15) is 5.69 Å². The number of carbonyl (C=O) groups is 1. The van der Waals surface area contributed by atoms with E-state index >= 15 is 0 Å². The standard InChI is InChI=1S/C17H17F2N3O2/c18-17(19,14-4-2-1-3-5-14)16(23)7-6-15-11-22(21-20-15)10-13-8-9-24-12-13/h1-7,11,13H,8-10,12H2. The highest BCUT2D eigenvalue weighted by molar-refractivity contribution is 5.99. The topological polar surface area (TPSA) is 57.0 Å². The van der Waals surface area contributed by atoms with E-state index in [2.05, 4.69) is 10.3 Å². The number of allylic oxidation sites excluding steroid dienone is 1. The van der Waals surface area contributed by atoms with Crippen LogP contribution in [0.3, 0.4) is 0 Å². The minimum atomic E-state index is -3.56. The quantitative estimate of drug-likeness (QED) is 0.763. The molecular weight excluding hydrogens is 316 g/mol. The normalized spacial score (nSPS) is 18.3. The maximum absolute atomic E-state index is 14.1. The first-order chi connectivity index (χ1) is 11.6. The Morgan fingerprint density at radius 2 is 2.17 bits per heavy atom.